The molecule has 0 bridgehead atoms. The van der Waals surface area contributed by atoms with E-state index in [4.69, 9.17) is 11.6 Å². The predicted octanol–water partition coefficient (Wildman–Crippen LogP) is 3.62. The molecule has 1 nitrogen and oxygen atoms in total. The molecule has 2 unspecified atom stereocenters. The van der Waals surface area contributed by atoms with Crippen molar-refractivity contribution in [1.82, 2.24) is 0 Å². The predicted molar refractivity (Wildman–Crippen MR) is 101 cm³/mol. The van der Waals surface area contributed by atoms with Gasteiger partial charge in [0.1, 0.15) is 0 Å². The second-order valence-electron chi connectivity index (χ2n) is 6.75. The van der Waals surface area contributed by atoms with Crippen molar-refractivity contribution < 1.29 is 4.79 Å². The van der Waals surface area contributed by atoms with E-state index in [2.05, 4.69) is 48.6 Å². The highest BCUT2D eigenvalue weighted by molar-refractivity contribution is 6.31. The monoisotopic (exact) mass is 336 g/mol. The zero-order chi connectivity index (χ0) is 16.7. The Labute approximate surface area is 147 Å². The molecule has 2 aromatic rings. The first-order valence-corrected chi connectivity index (χ1v) is 9.22. The van der Waals surface area contributed by atoms with Gasteiger partial charge in [-0.1, -0.05) is 55.5 Å². The van der Waals surface area contributed by atoms with Crippen molar-refractivity contribution in [3.05, 3.63) is 58.0 Å². The number of hydrogen-bond acceptors (Lipinski definition) is 1. The van der Waals surface area contributed by atoms with E-state index >= 15 is 0 Å². The molecule has 2 heteroatoms. The minimum absolute atomic E-state index is 0.0444. The smallest absolute Gasteiger partial charge is 0.157 e. The second-order valence-corrected chi connectivity index (χ2v) is 7.28. The summed E-state index contributed by atoms with van der Waals surface area (Å²) in [7, 11) is 0. The van der Waals surface area contributed by atoms with Gasteiger partial charge in [-0.2, -0.15) is 0 Å². The topological polar surface area (TPSA) is 17.1 Å². The molecule has 0 aromatic heterocycles. The largest absolute Gasteiger partial charge is 0.297 e. The van der Waals surface area contributed by atoms with Gasteiger partial charge in [-0.15, -0.1) is 11.6 Å². The maximum absolute atomic E-state index is 12.5. The van der Waals surface area contributed by atoms with Crippen LogP contribution in [0, 0.1) is 5.92 Å². The molecular weight excluding hydrogens is 316 g/mol. The van der Waals surface area contributed by atoms with Gasteiger partial charge in [-0.05, 0) is 58.4 Å². The molecule has 24 heavy (non-hydrogen) atoms. The molecule has 0 saturated carbocycles. The summed E-state index contributed by atoms with van der Waals surface area (Å²) in [6.45, 7) is 1.97. The first-order valence-electron chi connectivity index (χ1n) is 8.79. The fourth-order valence-electron chi connectivity index (χ4n) is 3.98. The molecule has 0 aliphatic heterocycles. The maximum Gasteiger partial charge on any atom is 0.157 e. The first-order chi connectivity index (χ1) is 11.7. The lowest BCUT2D eigenvalue weighted by molar-refractivity contribution is -0.121. The van der Waals surface area contributed by atoms with Crippen LogP contribution in [0.25, 0.3) is 23.3 Å². The molecule has 2 aliphatic rings. The van der Waals surface area contributed by atoms with Crippen molar-refractivity contribution in [3.8, 4) is 11.1 Å². The third-order valence-electron chi connectivity index (χ3n) is 5.34. The van der Waals surface area contributed by atoms with Crippen molar-refractivity contribution >= 4 is 29.5 Å². The van der Waals surface area contributed by atoms with Crippen LogP contribution in [0.2, 0.25) is 0 Å². The van der Waals surface area contributed by atoms with Gasteiger partial charge in [0.15, 0.2) is 5.78 Å². The number of fused-ring (bicyclic) bond motifs is 5. The van der Waals surface area contributed by atoms with Crippen LogP contribution in [0.3, 0.4) is 0 Å². The molecule has 0 N–H and O–H groups in total. The number of Topliss-reactive ketones (excluding diaryl/α,β-unsaturated/α-hetero) is 1. The number of hydrogen-bond donors (Lipinski definition) is 0. The van der Waals surface area contributed by atoms with Gasteiger partial charge in [0.25, 0.3) is 0 Å². The molecule has 122 valence electrons. The van der Waals surface area contributed by atoms with Gasteiger partial charge >= 0.3 is 0 Å². The second kappa shape index (κ2) is 6.22. The van der Waals surface area contributed by atoms with Crippen LogP contribution < -0.4 is 10.4 Å². The van der Waals surface area contributed by atoms with Gasteiger partial charge in [0.2, 0.25) is 0 Å². The number of aryl methyl sites for hydroxylation is 1. The molecule has 0 spiro atoms. The Hall–Kier alpha value is -1.86. The molecule has 0 radical (unpaired) electrons. The van der Waals surface area contributed by atoms with Crippen LogP contribution in [-0.2, 0) is 17.6 Å². The summed E-state index contributed by atoms with van der Waals surface area (Å²) in [6, 6.07) is 13.1. The average molecular weight is 337 g/mol. The molecule has 2 aromatic carbocycles. The summed E-state index contributed by atoms with van der Waals surface area (Å²) in [6.07, 6.45) is 7.99. The molecule has 2 aliphatic carbocycles. The zero-order valence-corrected chi connectivity index (χ0v) is 14.6. The highest BCUT2D eigenvalue weighted by Gasteiger charge is 2.25. The zero-order valence-electron chi connectivity index (χ0n) is 13.9. The van der Waals surface area contributed by atoms with Crippen LogP contribution >= 0.6 is 11.6 Å². The summed E-state index contributed by atoms with van der Waals surface area (Å²) in [5.74, 6) is 0.135. The van der Waals surface area contributed by atoms with Crippen LogP contribution in [0.4, 0.5) is 0 Å². The normalized spacial score (nSPS) is 19.2. The fourth-order valence-corrected chi connectivity index (χ4v) is 4.14. The summed E-state index contributed by atoms with van der Waals surface area (Å²) in [5, 5.41) is 2.19. The Morgan fingerprint density at radius 3 is 2.79 bits per heavy atom. The molecule has 0 heterocycles. The Balaban J connectivity index is 1.87. The lowest BCUT2D eigenvalue weighted by Gasteiger charge is -2.22. The number of carbonyl (C=O) groups is 1. The Kier molecular flexibility index (Phi) is 4.05. The molecular formula is C22H21ClO. The molecule has 2 atom stereocenters. The summed E-state index contributed by atoms with van der Waals surface area (Å²) in [4.78, 5) is 12.5. The first kappa shape index (κ1) is 15.7. The Morgan fingerprint density at radius 2 is 1.96 bits per heavy atom. The van der Waals surface area contributed by atoms with E-state index < -0.39 is 0 Å². The van der Waals surface area contributed by atoms with Crippen LogP contribution in [0.15, 0.2) is 36.4 Å². The van der Waals surface area contributed by atoms with E-state index in [1.807, 2.05) is 6.92 Å². The lowest BCUT2D eigenvalue weighted by Crippen LogP contribution is -2.38. The average Bonchev–Trinajstić information content (AvgIpc) is 2.65. The van der Waals surface area contributed by atoms with E-state index in [0.717, 1.165) is 19.3 Å². The van der Waals surface area contributed by atoms with Gasteiger partial charge in [-0.3, -0.25) is 4.79 Å². The highest BCUT2D eigenvalue weighted by atomic mass is 35.5. The molecule has 4 rings (SSSR count). The molecule has 0 fully saturated rings. The highest BCUT2D eigenvalue weighted by Crippen LogP contribution is 2.26. The number of ketones is 1. The van der Waals surface area contributed by atoms with E-state index in [9.17, 15) is 4.79 Å². The van der Waals surface area contributed by atoms with Gasteiger partial charge in [-0.25, -0.2) is 0 Å². The minimum atomic E-state index is -0.364. The van der Waals surface area contributed by atoms with Crippen LogP contribution in [0.5, 0.6) is 0 Å². The van der Waals surface area contributed by atoms with Gasteiger partial charge < -0.3 is 0 Å². The number of carbonyl (C=O) groups excluding carboxylic acids is 1. The fraction of sp³-hybridized carbons (Fsp3) is 0.318. The number of alkyl halides is 1. The van der Waals surface area contributed by atoms with E-state index in [1.165, 1.54) is 32.7 Å². The summed E-state index contributed by atoms with van der Waals surface area (Å²) >= 11 is 6.21. The van der Waals surface area contributed by atoms with Crippen molar-refractivity contribution in [3.63, 3.8) is 0 Å². The molecule has 0 saturated heterocycles. The van der Waals surface area contributed by atoms with Crippen LogP contribution in [-0.4, -0.2) is 11.2 Å². The SMILES string of the molecule is CCC(Cl)C(=O)C1C=c2c(ccc3c2=CCc2ccccc2-3)CC1. The van der Waals surface area contributed by atoms with E-state index in [-0.39, 0.29) is 17.1 Å². The van der Waals surface area contributed by atoms with Crippen molar-refractivity contribution in [2.24, 2.45) is 5.92 Å². The van der Waals surface area contributed by atoms with Crippen molar-refractivity contribution in [2.45, 2.75) is 38.0 Å². The number of rotatable bonds is 3. The third kappa shape index (κ3) is 2.52. The third-order valence-corrected chi connectivity index (χ3v) is 5.86. The number of halogens is 1. The Morgan fingerprint density at radius 1 is 1.12 bits per heavy atom. The van der Waals surface area contributed by atoms with Crippen molar-refractivity contribution in [1.29, 1.82) is 0 Å². The van der Waals surface area contributed by atoms with Crippen LogP contribution in [0.1, 0.15) is 30.9 Å². The quantitative estimate of drug-likeness (QED) is 0.782. The summed E-state index contributed by atoms with van der Waals surface area (Å²) in [5.41, 5.74) is 5.34. The lowest BCUT2D eigenvalue weighted by atomic mass is 9.82. The number of benzene rings is 2. The standard InChI is InChI=1S/C22H21ClO/c1-2-21(23)22(24)16-8-7-15-10-11-18-17-6-4-3-5-14(17)9-12-19(18)20(15)13-16/h3-6,10-13,16,21H,2,7-9H2,1H3. The maximum atomic E-state index is 12.5. The van der Waals surface area contributed by atoms with Crippen molar-refractivity contribution in [2.75, 3.05) is 0 Å². The van der Waals surface area contributed by atoms with E-state index in [0.29, 0.717) is 6.42 Å². The Bertz CT molecular complexity index is 925. The van der Waals surface area contributed by atoms with E-state index in [1.54, 1.807) is 0 Å². The minimum Gasteiger partial charge on any atom is -0.297 e. The van der Waals surface area contributed by atoms with Gasteiger partial charge in [0.05, 0.1) is 5.38 Å². The summed E-state index contributed by atoms with van der Waals surface area (Å²) < 4.78 is 0. The van der Waals surface area contributed by atoms with Gasteiger partial charge in [0, 0.05) is 5.92 Å². The molecule has 0 amide bonds.